The summed E-state index contributed by atoms with van der Waals surface area (Å²) in [5, 5.41) is 2.86. The minimum atomic E-state index is -0.378. The summed E-state index contributed by atoms with van der Waals surface area (Å²) in [7, 11) is 2.99. The molecule has 0 saturated heterocycles. The Bertz CT molecular complexity index is 1190. The molecule has 3 aromatic carbocycles. The number of hydrogen-bond acceptors (Lipinski definition) is 6. The molecule has 0 spiro atoms. The second-order valence-corrected chi connectivity index (χ2v) is 8.02. The Balaban J connectivity index is 1.43. The number of ether oxygens (including phenoxy) is 4. The first-order valence-corrected chi connectivity index (χ1v) is 11.3. The van der Waals surface area contributed by atoms with Gasteiger partial charge in [-0.15, -0.1) is 0 Å². The van der Waals surface area contributed by atoms with E-state index in [1.54, 1.807) is 41.3 Å². The molecule has 182 valence electrons. The Hall–Kier alpha value is -4.20. The number of rotatable bonds is 9. The van der Waals surface area contributed by atoms with E-state index in [0.717, 1.165) is 5.75 Å². The number of methoxy groups -OCH3 is 2. The molecule has 1 aliphatic heterocycles. The second kappa shape index (κ2) is 10.8. The van der Waals surface area contributed by atoms with Crippen LogP contribution in [0.3, 0.4) is 0 Å². The van der Waals surface area contributed by atoms with Gasteiger partial charge in [-0.1, -0.05) is 23.8 Å². The summed E-state index contributed by atoms with van der Waals surface area (Å²) < 4.78 is 22.1. The minimum absolute atomic E-state index is 0.0659. The minimum Gasteiger partial charge on any atom is -0.496 e. The van der Waals surface area contributed by atoms with Crippen LogP contribution in [0.5, 0.6) is 23.0 Å². The molecule has 0 aliphatic carbocycles. The lowest BCUT2D eigenvalue weighted by Crippen LogP contribution is -2.39. The van der Waals surface area contributed by atoms with Gasteiger partial charge in [0.05, 0.1) is 26.5 Å². The van der Waals surface area contributed by atoms with Crippen molar-refractivity contribution in [3.8, 4) is 23.0 Å². The molecular weight excluding hydrogens is 448 g/mol. The maximum absolute atomic E-state index is 13.0. The third kappa shape index (κ3) is 5.48. The number of hydrogen-bond donors (Lipinski definition) is 1. The van der Waals surface area contributed by atoms with Gasteiger partial charge in [0, 0.05) is 18.3 Å². The Morgan fingerprint density at radius 3 is 2.43 bits per heavy atom. The fraction of sp³-hybridized carbons (Fsp3) is 0.259. The summed E-state index contributed by atoms with van der Waals surface area (Å²) >= 11 is 0. The van der Waals surface area contributed by atoms with Gasteiger partial charge in [0.25, 0.3) is 11.8 Å². The second-order valence-electron chi connectivity index (χ2n) is 8.02. The highest BCUT2D eigenvalue weighted by Gasteiger charge is 2.26. The largest absolute Gasteiger partial charge is 0.496 e. The lowest BCUT2D eigenvalue weighted by atomic mass is 10.1. The predicted octanol–water partition coefficient (Wildman–Crippen LogP) is 4.46. The van der Waals surface area contributed by atoms with E-state index in [-0.39, 0.29) is 18.4 Å². The molecule has 0 fully saturated rings. The van der Waals surface area contributed by atoms with E-state index in [4.69, 9.17) is 18.9 Å². The summed E-state index contributed by atoms with van der Waals surface area (Å²) in [4.78, 5) is 27.2. The molecule has 1 aliphatic rings. The van der Waals surface area contributed by atoms with Crippen molar-refractivity contribution in [3.05, 3.63) is 71.8 Å². The third-order valence-corrected chi connectivity index (χ3v) is 5.63. The van der Waals surface area contributed by atoms with Crippen LogP contribution in [-0.4, -0.2) is 45.8 Å². The average molecular weight is 477 g/mol. The first-order chi connectivity index (χ1) is 17.0. The standard InChI is InChI=1S/C27H28N2O6/c1-18-8-11-20(12-9-18)34-15-5-14-29-21-13-10-19(16-24(21)35-17-25(29)30)28-27(31)26-22(32-2)6-4-7-23(26)33-3/h4,6-13,16H,5,14-15,17H2,1-3H3,(H,28,31). The zero-order valence-corrected chi connectivity index (χ0v) is 20.0. The van der Waals surface area contributed by atoms with Crippen molar-refractivity contribution in [2.45, 2.75) is 13.3 Å². The van der Waals surface area contributed by atoms with E-state index in [1.165, 1.54) is 19.8 Å². The summed E-state index contributed by atoms with van der Waals surface area (Å²) in [5.41, 5.74) is 2.65. The fourth-order valence-corrected chi connectivity index (χ4v) is 3.84. The van der Waals surface area contributed by atoms with E-state index in [9.17, 15) is 9.59 Å². The molecule has 0 aromatic heterocycles. The molecule has 0 bridgehead atoms. The number of carbonyl (C=O) groups is 2. The summed E-state index contributed by atoms with van der Waals surface area (Å²) in [6, 6.07) is 18.2. The molecule has 3 aromatic rings. The van der Waals surface area contributed by atoms with Crippen LogP contribution in [0.1, 0.15) is 22.3 Å². The molecule has 0 atom stereocenters. The topological polar surface area (TPSA) is 86.3 Å². The van der Waals surface area contributed by atoms with E-state index in [0.29, 0.717) is 53.8 Å². The quantitative estimate of drug-likeness (QED) is 0.459. The summed E-state index contributed by atoms with van der Waals surface area (Å²) in [6.45, 7) is 2.93. The Kier molecular flexibility index (Phi) is 7.40. The van der Waals surface area contributed by atoms with Crippen molar-refractivity contribution < 1.29 is 28.5 Å². The van der Waals surface area contributed by atoms with Crippen LogP contribution in [0, 0.1) is 6.92 Å². The van der Waals surface area contributed by atoms with Crippen LogP contribution >= 0.6 is 0 Å². The van der Waals surface area contributed by atoms with Gasteiger partial charge in [0.2, 0.25) is 0 Å². The van der Waals surface area contributed by atoms with Crippen molar-refractivity contribution >= 4 is 23.2 Å². The number of nitrogens with zero attached hydrogens (tertiary/aromatic N) is 1. The number of fused-ring (bicyclic) bond motifs is 1. The monoisotopic (exact) mass is 476 g/mol. The van der Waals surface area contributed by atoms with Gasteiger partial charge < -0.3 is 29.2 Å². The molecule has 8 heteroatoms. The number of anilines is 2. The smallest absolute Gasteiger partial charge is 0.265 e. The van der Waals surface area contributed by atoms with Gasteiger partial charge in [-0.3, -0.25) is 9.59 Å². The molecule has 4 rings (SSSR count). The molecule has 35 heavy (non-hydrogen) atoms. The molecule has 0 radical (unpaired) electrons. The van der Waals surface area contributed by atoms with Gasteiger partial charge in [0.15, 0.2) is 6.61 Å². The number of aryl methyl sites for hydroxylation is 1. The van der Waals surface area contributed by atoms with Crippen LogP contribution in [0.15, 0.2) is 60.7 Å². The zero-order valence-electron chi connectivity index (χ0n) is 20.0. The highest BCUT2D eigenvalue weighted by molar-refractivity contribution is 6.08. The molecule has 0 unspecified atom stereocenters. The number of benzene rings is 3. The number of amides is 2. The lowest BCUT2D eigenvalue weighted by Gasteiger charge is -2.29. The zero-order chi connectivity index (χ0) is 24.8. The fourth-order valence-electron chi connectivity index (χ4n) is 3.84. The first kappa shape index (κ1) is 23.9. The highest BCUT2D eigenvalue weighted by Crippen LogP contribution is 2.35. The number of carbonyl (C=O) groups excluding carboxylic acids is 2. The molecule has 2 amide bonds. The maximum atomic E-state index is 13.0. The Labute approximate surface area is 204 Å². The van der Waals surface area contributed by atoms with E-state index < -0.39 is 0 Å². The SMILES string of the molecule is COc1cccc(OC)c1C(=O)Nc1ccc2c(c1)OCC(=O)N2CCCOc1ccc(C)cc1. The van der Waals surface area contributed by atoms with E-state index in [2.05, 4.69) is 5.32 Å². The van der Waals surface area contributed by atoms with Gasteiger partial charge in [0.1, 0.15) is 28.6 Å². The Morgan fingerprint density at radius 1 is 1.03 bits per heavy atom. The van der Waals surface area contributed by atoms with Crippen LogP contribution in [0.2, 0.25) is 0 Å². The molecule has 0 saturated carbocycles. The van der Waals surface area contributed by atoms with Crippen molar-refractivity contribution in [1.29, 1.82) is 0 Å². The lowest BCUT2D eigenvalue weighted by molar-refractivity contribution is -0.121. The maximum Gasteiger partial charge on any atom is 0.265 e. The summed E-state index contributed by atoms with van der Waals surface area (Å²) in [5.74, 6) is 1.63. The van der Waals surface area contributed by atoms with Crippen LogP contribution < -0.4 is 29.2 Å². The highest BCUT2D eigenvalue weighted by atomic mass is 16.5. The van der Waals surface area contributed by atoms with Crippen molar-refractivity contribution in [2.24, 2.45) is 0 Å². The first-order valence-electron chi connectivity index (χ1n) is 11.3. The Morgan fingerprint density at radius 2 is 1.74 bits per heavy atom. The van der Waals surface area contributed by atoms with Gasteiger partial charge in [-0.25, -0.2) is 0 Å². The van der Waals surface area contributed by atoms with Gasteiger partial charge >= 0.3 is 0 Å². The number of nitrogens with one attached hydrogen (secondary N) is 1. The molecular formula is C27H28N2O6. The molecule has 1 heterocycles. The van der Waals surface area contributed by atoms with Crippen molar-refractivity contribution in [3.63, 3.8) is 0 Å². The van der Waals surface area contributed by atoms with E-state index in [1.807, 2.05) is 31.2 Å². The van der Waals surface area contributed by atoms with E-state index >= 15 is 0 Å². The van der Waals surface area contributed by atoms with Gasteiger partial charge in [-0.2, -0.15) is 0 Å². The van der Waals surface area contributed by atoms with Crippen molar-refractivity contribution in [2.75, 3.05) is 44.2 Å². The average Bonchev–Trinajstić information content (AvgIpc) is 2.88. The molecule has 8 nitrogen and oxygen atoms in total. The van der Waals surface area contributed by atoms with Gasteiger partial charge in [-0.05, 0) is 49.7 Å². The van der Waals surface area contributed by atoms with Crippen LogP contribution in [0.4, 0.5) is 11.4 Å². The molecule has 1 N–H and O–H groups in total. The van der Waals surface area contributed by atoms with Crippen molar-refractivity contribution in [1.82, 2.24) is 0 Å². The van der Waals surface area contributed by atoms with Crippen LogP contribution in [0.25, 0.3) is 0 Å². The predicted molar refractivity (Wildman–Crippen MR) is 133 cm³/mol. The third-order valence-electron chi connectivity index (χ3n) is 5.63. The summed E-state index contributed by atoms with van der Waals surface area (Å²) in [6.07, 6.45) is 0.658. The van der Waals surface area contributed by atoms with Crippen LogP contribution in [-0.2, 0) is 4.79 Å². The normalized spacial score (nSPS) is 12.4.